The number of H-pyrrole nitrogens is 1. The smallest absolute Gasteiger partial charge is 0.337 e. The van der Waals surface area contributed by atoms with E-state index in [1.807, 2.05) is 30.3 Å². The van der Waals surface area contributed by atoms with Gasteiger partial charge in [0.25, 0.3) is 11.8 Å². The molecule has 1 aliphatic heterocycles. The van der Waals surface area contributed by atoms with Crippen LogP contribution in [0, 0.1) is 0 Å². The quantitative estimate of drug-likeness (QED) is 0.652. The molecule has 0 spiro atoms. The SMILES string of the molecule is CN1C(=O)[C@@H](NC(=O)c2n[nH]c(Cc3ccccc3)n2)CCn2nc(C(F)(F)F)cc21. The highest BCUT2D eigenvalue weighted by Crippen LogP contribution is 2.32. The van der Waals surface area contributed by atoms with Gasteiger partial charge >= 0.3 is 6.18 Å². The Morgan fingerprint density at radius 2 is 2.03 bits per heavy atom. The molecule has 1 atom stereocenters. The maximum Gasteiger partial charge on any atom is 0.435 e. The van der Waals surface area contributed by atoms with Crippen LogP contribution in [-0.4, -0.2) is 49.9 Å². The van der Waals surface area contributed by atoms with Crippen molar-refractivity contribution >= 4 is 17.6 Å². The van der Waals surface area contributed by atoms with Crippen molar-refractivity contribution in [1.82, 2.24) is 30.3 Å². The first-order chi connectivity index (χ1) is 14.7. The van der Waals surface area contributed by atoms with Crippen LogP contribution in [0.5, 0.6) is 0 Å². The van der Waals surface area contributed by atoms with Crippen LogP contribution >= 0.6 is 0 Å². The predicted molar refractivity (Wildman–Crippen MR) is 102 cm³/mol. The number of anilines is 1. The molecule has 0 saturated heterocycles. The number of nitrogens with one attached hydrogen (secondary N) is 2. The summed E-state index contributed by atoms with van der Waals surface area (Å²) in [5.41, 5.74) is -0.0878. The molecule has 12 heteroatoms. The number of hydrogen-bond donors (Lipinski definition) is 2. The van der Waals surface area contributed by atoms with E-state index in [-0.39, 0.29) is 24.6 Å². The first-order valence-electron chi connectivity index (χ1n) is 9.41. The number of nitrogens with zero attached hydrogens (tertiary/aromatic N) is 5. The molecule has 1 aromatic carbocycles. The fourth-order valence-electron chi connectivity index (χ4n) is 3.32. The number of benzene rings is 1. The molecule has 2 amide bonds. The van der Waals surface area contributed by atoms with Gasteiger partial charge < -0.3 is 5.32 Å². The van der Waals surface area contributed by atoms with Crippen molar-refractivity contribution in [2.75, 3.05) is 11.9 Å². The summed E-state index contributed by atoms with van der Waals surface area (Å²) < 4.78 is 39.9. The van der Waals surface area contributed by atoms with E-state index < -0.39 is 29.7 Å². The van der Waals surface area contributed by atoms with E-state index in [2.05, 4.69) is 25.6 Å². The maximum atomic E-state index is 12.9. The van der Waals surface area contributed by atoms with Crippen molar-refractivity contribution in [1.29, 1.82) is 0 Å². The van der Waals surface area contributed by atoms with Gasteiger partial charge in [0.15, 0.2) is 5.69 Å². The Balaban J connectivity index is 1.44. The predicted octanol–water partition coefficient (Wildman–Crippen LogP) is 1.78. The fourth-order valence-corrected chi connectivity index (χ4v) is 3.32. The number of aromatic nitrogens is 5. The number of halogens is 3. The minimum absolute atomic E-state index is 0.0112. The molecule has 0 bridgehead atoms. The second-order valence-corrected chi connectivity index (χ2v) is 7.09. The van der Waals surface area contributed by atoms with Gasteiger partial charge in [-0.15, -0.1) is 5.10 Å². The molecular weight excluding hydrogens is 415 g/mol. The highest BCUT2D eigenvalue weighted by Gasteiger charge is 2.38. The number of hydrogen-bond acceptors (Lipinski definition) is 5. The van der Waals surface area contributed by atoms with Crippen LogP contribution in [0.4, 0.5) is 19.0 Å². The first-order valence-corrected chi connectivity index (χ1v) is 9.41. The molecule has 9 nitrogen and oxygen atoms in total. The van der Waals surface area contributed by atoms with Gasteiger partial charge in [-0.25, -0.2) is 9.67 Å². The molecule has 2 N–H and O–H groups in total. The molecule has 3 heterocycles. The second-order valence-electron chi connectivity index (χ2n) is 7.09. The lowest BCUT2D eigenvalue weighted by atomic mass is 10.1. The average Bonchev–Trinajstić information content (AvgIpc) is 3.35. The topological polar surface area (TPSA) is 109 Å². The van der Waals surface area contributed by atoms with Gasteiger partial charge in [0.05, 0.1) is 0 Å². The Kier molecular flexibility index (Phi) is 5.21. The number of alkyl halides is 3. The Morgan fingerprint density at radius 3 is 2.74 bits per heavy atom. The molecule has 0 unspecified atom stereocenters. The highest BCUT2D eigenvalue weighted by molar-refractivity contribution is 6.00. The van der Waals surface area contributed by atoms with Crippen molar-refractivity contribution in [2.24, 2.45) is 0 Å². The average molecular weight is 433 g/mol. The van der Waals surface area contributed by atoms with Crippen LogP contribution < -0.4 is 10.2 Å². The number of rotatable bonds is 4. The van der Waals surface area contributed by atoms with Crippen molar-refractivity contribution in [3.8, 4) is 0 Å². The summed E-state index contributed by atoms with van der Waals surface area (Å²) in [7, 11) is 1.34. The summed E-state index contributed by atoms with van der Waals surface area (Å²) in [6.45, 7) is 0.0275. The van der Waals surface area contributed by atoms with E-state index in [4.69, 9.17) is 0 Å². The van der Waals surface area contributed by atoms with Crippen LogP contribution in [0.25, 0.3) is 0 Å². The van der Waals surface area contributed by atoms with Crippen molar-refractivity contribution in [3.63, 3.8) is 0 Å². The van der Waals surface area contributed by atoms with E-state index in [0.717, 1.165) is 21.2 Å². The van der Waals surface area contributed by atoms with Gasteiger partial charge in [0.1, 0.15) is 17.7 Å². The third-order valence-electron chi connectivity index (χ3n) is 4.91. The number of aryl methyl sites for hydroxylation is 1. The van der Waals surface area contributed by atoms with Crippen molar-refractivity contribution in [3.05, 3.63) is 59.3 Å². The molecular formula is C19H18F3N7O2. The summed E-state index contributed by atoms with van der Waals surface area (Å²) in [6.07, 6.45) is -4.09. The summed E-state index contributed by atoms with van der Waals surface area (Å²) in [5, 5.41) is 12.7. The lowest BCUT2D eigenvalue weighted by molar-refractivity contribution is -0.141. The van der Waals surface area contributed by atoms with Crippen molar-refractivity contribution < 1.29 is 22.8 Å². The Morgan fingerprint density at radius 1 is 1.29 bits per heavy atom. The third kappa shape index (κ3) is 4.27. The number of fused-ring (bicyclic) bond motifs is 1. The van der Waals surface area contributed by atoms with Gasteiger partial charge in [-0.2, -0.15) is 18.3 Å². The van der Waals surface area contributed by atoms with Gasteiger partial charge in [0.2, 0.25) is 5.82 Å². The molecule has 4 rings (SSSR count). The van der Waals surface area contributed by atoms with E-state index in [1.54, 1.807) is 0 Å². The molecule has 31 heavy (non-hydrogen) atoms. The zero-order chi connectivity index (χ0) is 22.2. The van der Waals surface area contributed by atoms with Gasteiger partial charge in [-0.05, 0) is 12.0 Å². The van der Waals surface area contributed by atoms with E-state index in [9.17, 15) is 22.8 Å². The van der Waals surface area contributed by atoms with Crippen LogP contribution in [0.2, 0.25) is 0 Å². The van der Waals surface area contributed by atoms with Gasteiger partial charge in [-0.3, -0.25) is 19.6 Å². The summed E-state index contributed by atoms with van der Waals surface area (Å²) in [5.74, 6) is -0.834. The standard InChI is InChI=1S/C19H18F3N7O2/c1-28-15-10-13(19(20,21)22)27-29(15)8-7-12(18(28)31)23-17(30)16-24-14(25-26-16)9-11-5-3-2-4-6-11/h2-6,10,12H,7-9H2,1H3,(H,23,30)(H,24,25,26)/t12-/m0/s1. The number of carbonyl (C=O) groups excluding carboxylic acids is 2. The van der Waals surface area contributed by atoms with Crippen LogP contribution in [-0.2, 0) is 23.9 Å². The summed E-state index contributed by atoms with van der Waals surface area (Å²) in [4.78, 5) is 30.5. The number of amides is 2. The Bertz CT molecular complexity index is 1110. The zero-order valence-electron chi connectivity index (χ0n) is 16.3. The Labute approximate surface area is 174 Å². The fraction of sp³-hybridized carbons (Fsp3) is 0.316. The molecule has 162 valence electrons. The number of aromatic amines is 1. The maximum absolute atomic E-state index is 12.9. The summed E-state index contributed by atoms with van der Waals surface area (Å²) >= 11 is 0. The van der Waals surface area contributed by atoms with Crippen molar-refractivity contribution in [2.45, 2.75) is 31.6 Å². The third-order valence-corrected chi connectivity index (χ3v) is 4.91. The largest absolute Gasteiger partial charge is 0.435 e. The monoisotopic (exact) mass is 433 g/mol. The molecule has 0 aliphatic carbocycles. The lowest BCUT2D eigenvalue weighted by Crippen LogP contribution is -2.47. The zero-order valence-corrected chi connectivity index (χ0v) is 16.3. The van der Waals surface area contributed by atoms with Gasteiger partial charge in [0, 0.05) is 26.1 Å². The molecule has 3 aromatic rings. The molecule has 0 fully saturated rings. The van der Waals surface area contributed by atoms with Gasteiger partial charge in [-0.1, -0.05) is 30.3 Å². The normalized spacial score (nSPS) is 16.7. The van der Waals surface area contributed by atoms with Crippen LogP contribution in [0.15, 0.2) is 36.4 Å². The molecule has 1 aliphatic rings. The molecule has 0 radical (unpaired) electrons. The minimum Gasteiger partial charge on any atom is -0.337 e. The lowest BCUT2D eigenvalue weighted by Gasteiger charge is -2.19. The molecule has 2 aromatic heterocycles. The highest BCUT2D eigenvalue weighted by atomic mass is 19.4. The van der Waals surface area contributed by atoms with Crippen LogP contribution in [0.1, 0.15) is 34.1 Å². The number of likely N-dealkylation sites (N-methyl/N-ethyl adjacent to an activating group) is 1. The van der Waals surface area contributed by atoms with E-state index in [1.165, 1.54) is 7.05 Å². The van der Waals surface area contributed by atoms with E-state index in [0.29, 0.717) is 12.2 Å². The molecule has 0 saturated carbocycles. The minimum atomic E-state index is -4.61. The first kappa shape index (κ1) is 20.6. The Hall–Kier alpha value is -3.70. The second kappa shape index (κ2) is 7.85. The summed E-state index contributed by atoms with van der Waals surface area (Å²) in [6, 6.07) is 9.34. The van der Waals surface area contributed by atoms with E-state index >= 15 is 0 Å². The van der Waals surface area contributed by atoms with Crippen LogP contribution in [0.3, 0.4) is 0 Å². The number of carbonyl (C=O) groups is 2.